The first-order valence-electron chi connectivity index (χ1n) is 4.32. The van der Waals surface area contributed by atoms with Gasteiger partial charge in [-0.2, -0.15) is 0 Å². The largest absolute Gasteiger partial charge is 0.494 e. The van der Waals surface area contributed by atoms with Gasteiger partial charge < -0.3 is 9.15 Å². The standard InChI is InChI=1S/C10H9NO3/c1-2-13-7-3-4-9-8(5-7)11-10(6-12)14-9/h3-6H,2H2,1H3. The first kappa shape index (κ1) is 8.74. The number of hydrogen-bond donors (Lipinski definition) is 0. The summed E-state index contributed by atoms with van der Waals surface area (Å²) in [4.78, 5) is 14.4. The van der Waals surface area contributed by atoms with Gasteiger partial charge in [0, 0.05) is 6.07 Å². The average molecular weight is 191 g/mol. The second kappa shape index (κ2) is 3.49. The molecule has 0 amide bonds. The van der Waals surface area contributed by atoms with E-state index in [9.17, 15) is 4.79 Å². The molecular formula is C10H9NO3. The molecule has 1 aromatic heterocycles. The fraction of sp³-hybridized carbons (Fsp3) is 0.200. The van der Waals surface area contributed by atoms with Crippen molar-refractivity contribution in [1.29, 1.82) is 0 Å². The van der Waals surface area contributed by atoms with Crippen molar-refractivity contribution in [2.45, 2.75) is 6.92 Å². The Hall–Kier alpha value is -1.84. The minimum atomic E-state index is 0.0913. The van der Waals surface area contributed by atoms with Crippen molar-refractivity contribution in [1.82, 2.24) is 4.98 Å². The maximum atomic E-state index is 10.4. The molecule has 14 heavy (non-hydrogen) atoms. The van der Waals surface area contributed by atoms with Gasteiger partial charge in [0.1, 0.15) is 11.3 Å². The normalized spacial score (nSPS) is 10.4. The zero-order chi connectivity index (χ0) is 9.97. The quantitative estimate of drug-likeness (QED) is 0.696. The number of hydrogen-bond acceptors (Lipinski definition) is 4. The molecule has 1 aromatic carbocycles. The maximum Gasteiger partial charge on any atom is 0.260 e. The molecule has 0 saturated heterocycles. The highest BCUT2D eigenvalue weighted by atomic mass is 16.5. The van der Waals surface area contributed by atoms with Crippen LogP contribution in [-0.2, 0) is 0 Å². The monoisotopic (exact) mass is 191 g/mol. The summed E-state index contributed by atoms with van der Waals surface area (Å²) in [6.45, 7) is 2.51. The third-order valence-electron chi connectivity index (χ3n) is 1.79. The molecule has 0 saturated carbocycles. The Labute approximate surface area is 80.5 Å². The molecular weight excluding hydrogens is 182 g/mol. The van der Waals surface area contributed by atoms with E-state index < -0.39 is 0 Å². The van der Waals surface area contributed by atoms with Crippen LogP contribution in [0.15, 0.2) is 22.6 Å². The smallest absolute Gasteiger partial charge is 0.260 e. The van der Waals surface area contributed by atoms with Crippen molar-refractivity contribution >= 4 is 17.4 Å². The lowest BCUT2D eigenvalue weighted by atomic mass is 10.3. The van der Waals surface area contributed by atoms with E-state index in [1.807, 2.05) is 6.92 Å². The summed E-state index contributed by atoms with van der Waals surface area (Å²) < 4.78 is 10.4. The van der Waals surface area contributed by atoms with Crippen molar-refractivity contribution < 1.29 is 13.9 Å². The van der Waals surface area contributed by atoms with Gasteiger partial charge in [-0.15, -0.1) is 0 Å². The molecule has 0 N–H and O–H groups in total. The van der Waals surface area contributed by atoms with Gasteiger partial charge in [-0.05, 0) is 19.1 Å². The Bertz CT molecular complexity index is 461. The number of carbonyl (C=O) groups is 1. The van der Waals surface area contributed by atoms with Crippen LogP contribution in [0, 0.1) is 0 Å². The minimum absolute atomic E-state index is 0.0913. The van der Waals surface area contributed by atoms with Crippen LogP contribution in [0.2, 0.25) is 0 Å². The molecule has 4 heteroatoms. The summed E-state index contributed by atoms with van der Waals surface area (Å²) in [6, 6.07) is 5.27. The molecule has 0 unspecified atom stereocenters. The highest BCUT2D eigenvalue weighted by molar-refractivity contribution is 5.79. The molecule has 0 fully saturated rings. The maximum absolute atomic E-state index is 10.4. The predicted molar refractivity (Wildman–Crippen MR) is 50.6 cm³/mol. The van der Waals surface area contributed by atoms with Gasteiger partial charge in [-0.25, -0.2) is 4.98 Å². The lowest BCUT2D eigenvalue weighted by Crippen LogP contribution is -1.90. The van der Waals surface area contributed by atoms with Crippen LogP contribution in [0.1, 0.15) is 17.6 Å². The molecule has 0 atom stereocenters. The summed E-state index contributed by atoms with van der Waals surface area (Å²) in [5.41, 5.74) is 1.23. The number of nitrogens with zero attached hydrogens (tertiary/aromatic N) is 1. The van der Waals surface area contributed by atoms with Crippen molar-refractivity contribution in [3.05, 3.63) is 24.1 Å². The minimum Gasteiger partial charge on any atom is -0.494 e. The zero-order valence-electron chi connectivity index (χ0n) is 7.69. The van der Waals surface area contributed by atoms with E-state index in [0.29, 0.717) is 24.0 Å². The molecule has 72 valence electrons. The summed E-state index contributed by atoms with van der Waals surface area (Å²) >= 11 is 0. The molecule has 0 radical (unpaired) electrons. The van der Waals surface area contributed by atoms with Crippen LogP contribution in [-0.4, -0.2) is 17.9 Å². The van der Waals surface area contributed by atoms with Gasteiger partial charge in [-0.1, -0.05) is 0 Å². The number of carbonyl (C=O) groups excluding carboxylic acids is 1. The van der Waals surface area contributed by atoms with Gasteiger partial charge >= 0.3 is 0 Å². The van der Waals surface area contributed by atoms with E-state index in [2.05, 4.69) is 4.98 Å². The summed E-state index contributed by atoms with van der Waals surface area (Å²) in [6.07, 6.45) is 0.584. The fourth-order valence-electron chi connectivity index (χ4n) is 1.23. The summed E-state index contributed by atoms with van der Waals surface area (Å²) in [5, 5.41) is 0. The Kier molecular flexibility index (Phi) is 2.18. The van der Waals surface area contributed by atoms with Gasteiger partial charge in [0.05, 0.1) is 6.61 Å². The lowest BCUT2D eigenvalue weighted by molar-refractivity contribution is 0.109. The van der Waals surface area contributed by atoms with E-state index in [-0.39, 0.29) is 5.89 Å². The summed E-state index contributed by atoms with van der Waals surface area (Å²) in [7, 11) is 0. The third-order valence-corrected chi connectivity index (χ3v) is 1.79. The van der Waals surface area contributed by atoms with Crippen molar-refractivity contribution in [2.24, 2.45) is 0 Å². The van der Waals surface area contributed by atoms with Crippen molar-refractivity contribution in [3.63, 3.8) is 0 Å². The van der Waals surface area contributed by atoms with Crippen LogP contribution in [0.5, 0.6) is 5.75 Å². The Balaban J connectivity index is 2.48. The molecule has 0 aliphatic heterocycles. The van der Waals surface area contributed by atoms with Crippen LogP contribution < -0.4 is 4.74 Å². The van der Waals surface area contributed by atoms with Gasteiger partial charge in [-0.3, -0.25) is 4.79 Å². The second-order valence-corrected chi connectivity index (χ2v) is 2.73. The molecule has 0 aliphatic carbocycles. The van der Waals surface area contributed by atoms with E-state index in [1.54, 1.807) is 18.2 Å². The Morgan fingerprint density at radius 2 is 2.43 bits per heavy atom. The van der Waals surface area contributed by atoms with Crippen molar-refractivity contribution in [3.8, 4) is 5.75 Å². The Morgan fingerprint density at radius 1 is 1.57 bits per heavy atom. The highest BCUT2D eigenvalue weighted by Gasteiger charge is 2.05. The zero-order valence-corrected chi connectivity index (χ0v) is 7.69. The highest BCUT2D eigenvalue weighted by Crippen LogP contribution is 2.20. The first-order valence-corrected chi connectivity index (χ1v) is 4.32. The number of fused-ring (bicyclic) bond motifs is 1. The third kappa shape index (κ3) is 1.46. The van der Waals surface area contributed by atoms with Crippen LogP contribution in [0.25, 0.3) is 11.1 Å². The van der Waals surface area contributed by atoms with Crippen LogP contribution in [0.3, 0.4) is 0 Å². The number of rotatable bonds is 3. The van der Waals surface area contributed by atoms with E-state index >= 15 is 0 Å². The SMILES string of the molecule is CCOc1ccc2oc(C=O)nc2c1. The molecule has 0 spiro atoms. The predicted octanol–water partition coefficient (Wildman–Crippen LogP) is 2.04. The van der Waals surface area contributed by atoms with Gasteiger partial charge in [0.2, 0.25) is 6.29 Å². The molecule has 1 heterocycles. The van der Waals surface area contributed by atoms with E-state index in [1.165, 1.54) is 0 Å². The average Bonchev–Trinajstić information content (AvgIpc) is 2.60. The number of oxazole rings is 1. The fourth-order valence-corrected chi connectivity index (χ4v) is 1.23. The number of aldehydes is 1. The van der Waals surface area contributed by atoms with E-state index in [0.717, 1.165) is 5.75 Å². The summed E-state index contributed by atoms with van der Waals surface area (Å²) in [5.74, 6) is 0.819. The Morgan fingerprint density at radius 3 is 3.14 bits per heavy atom. The molecule has 0 aliphatic rings. The van der Waals surface area contributed by atoms with Gasteiger partial charge in [0.25, 0.3) is 5.89 Å². The molecule has 2 rings (SSSR count). The number of ether oxygens (including phenoxy) is 1. The van der Waals surface area contributed by atoms with E-state index in [4.69, 9.17) is 9.15 Å². The van der Waals surface area contributed by atoms with Crippen LogP contribution in [0.4, 0.5) is 0 Å². The topological polar surface area (TPSA) is 52.3 Å². The van der Waals surface area contributed by atoms with Crippen molar-refractivity contribution in [2.75, 3.05) is 6.61 Å². The molecule has 4 nitrogen and oxygen atoms in total. The lowest BCUT2D eigenvalue weighted by Gasteiger charge is -2.00. The first-order chi connectivity index (χ1) is 6.83. The molecule has 0 bridgehead atoms. The van der Waals surface area contributed by atoms with Crippen LogP contribution >= 0.6 is 0 Å². The number of benzene rings is 1. The molecule has 2 aromatic rings. The second-order valence-electron chi connectivity index (χ2n) is 2.73. The van der Waals surface area contributed by atoms with Gasteiger partial charge in [0.15, 0.2) is 5.58 Å². The number of aromatic nitrogens is 1.